The molecule has 0 bridgehead atoms. The highest BCUT2D eigenvalue weighted by Crippen LogP contribution is 2.29. The van der Waals surface area contributed by atoms with E-state index in [1.54, 1.807) is 12.1 Å². The molecule has 4 heteroatoms. The molecular formula is C14H10Br2ClF. The predicted molar refractivity (Wildman–Crippen MR) is 80.5 cm³/mol. The van der Waals surface area contributed by atoms with Gasteiger partial charge in [0, 0.05) is 4.47 Å². The molecule has 0 heterocycles. The van der Waals surface area contributed by atoms with Gasteiger partial charge in [-0.25, -0.2) is 4.39 Å². The minimum Gasteiger partial charge on any atom is -0.206 e. The Bertz CT molecular complexity index is 557. The van der Waals surface area contributed by atoms with E-state index in [4.69, 9.17) is 11.6 Å². The Morgan fingerprint density at radius 2 is 1.89 bits per heavy atom. The third-order valence-corrected chi connectivity index (χ3v) is 4.12. The summed E-state index contributed by atoms with van der Waals surface area (Å²) in [6.45, 7) is 0. The van der Waals surface area contributed by atoms with E-state index in [0.717, 1.165) is 15.6 Å². The van der Waals surface area contributed by atoms with Gasteiger partial charge in [-0.2, -0.15) is 0 Å². The molecule has 2 aromatic carbocycles. The number of hydrogen-bond acceptors (Lipinski definition) is 0. The average Bonchev–Trinajstić information content (AvgIpc) is 2.32. The summed E-state index contributed by atoms with van der Waals surface area (Å²) >= 11 is 13.0. The summed E-state index contributed by atoms with van der Waals surface area (Å²) in [5.41, 5.74) is 2.05. The number of benzene rings is 2. The first-order valence-corrected chi connectivity index (χ1v) is 7.42. The molecule has 0 fully saturated rings. The van der Waals surface area contributed by atoms with Gasteiger partial charge in [0.15, 0.2) is 0 Å². The van der Waals surface area contributed by atoms with Crippen LogP contribution in [0.25, 0.3) is 0 Å². The van der Waals surface area contributed by atoms with Crippen LogP contribution in [0.15, 0.2) is 51.4 Å². The molecule has 18 heavy (non-hydrogen) atoms. The molecule has 2 aromatic rings. The molecule has 0 aliphatic rings. The summed E-state index contributed by atoms with van der Waals surface area (Å²) in [5.74, 6) is -0.273. The molecule has 0 aliphatic heterocycles. The summed E-state index contributed by atoms with van der Waals surface area (Å²) in [4.78, 5) is 0. The van der Waals surface area contributed by atoms with Gasteiger partial charge in [0.05, 0.1) is 9.85 Å². The van der Waals surface area contributed by atoms with Crippen LogP contribution in [0.3, 0.4) is 0 Å². The van der Waals surface area contributed by atoms with Crippen molar-refractivity contribution in [3.63, 3.8) is 0 Å². The molecule has 2 rings (SSSR count). The van der Waals surface area contributed by atoms with Crippen molar-refractivity contribution in [2.45, 2.75) is 11.8 Å². The highest BCUT2D eigenvalue weighted by Gasteiger charge is 2.11. The van der Waals surface area contributed by atoms with Crippen molar-refractivity contribution >= 4 is 43.5 Å². The molecule has 0 spiro atoms. The van der Waals surface area contributed by atoms with Gasteiger partial charge in [-0.1, -0.05) is 34.1 Å². The molecule has 0 N–H and O–H groups in total. The minimum atomic E-state index is -0.273. The monoisotopic (exact) mass is 390 g/mol. The van der Waals surface area contributed by atoms with E-state index in [2.05, 4.69) is 31.9 Å². The van der Waals surface area contributed by atoms with Crippen LogP contribution in [0, 0.1) is 5.82 Å². The van der Waals surface area contributed by atoms with Gasteiger partial charge >= 0.3 is 0 Å². The molecule has 0 nitrogen and oxygen atoms in total. The summed E-state index contributed by atoms with van der Waals surface area (Å²) in [5, 5.41) is -0.170. The lowest BCUT2D eigenvalue weighted by Gasteiger charge is -2.11. The lowest BCUT2D eigenvalue weighted by Crippen LogP contribution is -1.96. The third kappa shape index (κ3) is 3.56. The second-order valence-corrected chi connectivity index (χ2v) is 6.27. The van der Waals surface area contributed by atoms with Crippen molar-refractivity contribution in [3.8, 4) is 0 Å². The number of rotatable bonds is 3. The van der Waals surface area contributed by atoms with Crippen LogP contribution in [0.4, 0.5) is 4.39 Å². The zero-order valence-corrected chi connectivity index (χ0v) is 13.3. The first kappa shape index (κ1) is 14.0. The van der Waals surface area contributed by atoms with Gasteiger partial charge in [-0.15, -0.1) is 11.6 Å². The largest absolute Gasteiger partial charge is 0.206 e. The molecule has 0 saturated carbocycles. The lowest BCUT2D eigenvalue weighted by molar-refractivity contribution is 0.620. The van der Waals surface area contributed by atoms with Crippen LogP contribution in [-0.4, -0.2) is 0 Å². The van der Waals surface area contributed by atoms with Gasteiger partial charge in [-0.3, -0.25) is 0 Å². The maximum absolute atomic E-state index is 13.1. The summed E-state index contributed by atoms with van der Waals surface area (Å²) < 4.78 is 14.6. The molecule has 94 valence electrons. The van der Waals surface area contributed by atoms with E-state index in [1.165, 1.54) is 6.07 Å². The minimum absolute atomic E-state index is 0.170. The molecular weight excluding hydrogens is 382 g/mol. The quantitative estimate of drug-likeness (QED) is 0.573. The highest BCUT2D eigenvalue weighted by atomic mass is 79.9. The standard InChI is InChI=1S/C14H10Br2ClF/c15-11-3-1-2-9(6-11)7-13(17)10-4-5-14(18)12(16)8-10/h1-6,8,13H,7H2. The van der Waals surface area contributed by atoms with Gasteiger partial charge in [0.2, 0.25) is 0 Å². The summed E-state index contributed by atoms with van der Waals surface area (Å²) in [7, 11) is 0. The average molecular weight is 392 g/mol. The fraction of sp³-hybridized carbons (Fsp3) is 0.143. The smallest absolute Gasteiger partial charge is 0.137 e. The Balaban J connectivity index is 2.16. The Labute approximate surface area is 127 Å². The number of halogens is 4. The second-order valence-electron chi connectivity index (χ2n) is 3.98. The number of alkyl halides is 1. The van der Waals surface area contributed by atoms with Crippen molar-refractivity contribution in [3.05, 3.63) is 68.4 Å². The topological polar surface area (TPSA) is 0 Å². The molecule has 1 atom stereocenters. The Hall–Kier alpha value is -0.380. The SMILES string of the molecule is Fc1ccc(C(Cl)Cc2cccc(Br)c2)cc1Br. The van der Waals surface area contributed by atoms with E-state index in [9.17, 15) is 4.39 Å². The fourth-order valence-electron chi connectivity index (χ4n) is 1.70. The molecule has 0 aromatic heterocycles. The number of hydrogen-bond donors (Lipinski definition) is 0. The summed E-state index contributed by atoms with van der Waals surface area (Å²) in [6, 6.07) is 12.9. The van der Waals surface area contributed by atoms with E-state index < -0.39 is 0 Å². The first-order valence-electron chi connectivity index (χ1n) is 5.40. The van der Waals surface area contributed by atoms with Crippen LogP contribution in [-0.2, 0) is 6.42 Å². The van der Waals surface area contributed by atoms with E-state index in [1.807, 2.05) is 24.3 Å². The van der Waals surface area contributed by atoms with Crippen LogP contribution in [0.5, 0.6) is 0 Å². The fourth-order valence-corrected chi connectivity index (χ4v) is 2.85. The van der Waals surface area contributed by atoms with Crippen molar-refractivity contribution in [2.24, 2.45) is 0 Å². The molecule has 0 aliphatic carbocycles. The van der Waals surface area contributed by atoms with E-state index in [-0.39, 0.29) is 11.2 Å². The van der Waals surface area contributed by atoms with Crippen LogP contribution in [0.1, 0.15) is 16.5 Å². The van der Waals surface area contributed by atoms with Crippen molar-refractivity contribution in [2.75, 3.05) is 0 Å². The normalized spacial score (nSPS) is 12.4. The predicted octanol–water partition coefficient (Wildman–Crippen LogP) is 5.87. The van der Waals surface area contributed by atoms with Crippen molar-refractivity contribution < 1.29 is 4.39 Å². The zero-order valence-electron chi connectivity index (χ0n) is 9.34. The molecule has 1 unspecified atom stereocenters. The first-order chi connectivity index (χ1) is 8.56. The van der Waals surface area contributed by atoms with Crippen molar-refractivity contribution in [1.29, 1.82) is 0 Å². The maximum atomic E-state index is 13.1. The van der Waals surface area contributed by atoms with E-state index in [0.29, 0.717) is 10.9 Å². The van der Waals surface area contributed by atoms with Crippen molar-refractivity contribution in [1.82, 2.24) is 0 Å². The molecule has 0 amide bonds. The van der Waals surface area contributed by atoms with Gasteiger partial charge < -0.3 is 0 Å². The van der Waals surface area contributed by atoms with Gasteiger partial charge in [0.1, 0.15) is 5.82 Å². The second kappa shape index (κ2) is 6.18. The zero-order chi connectivity index (χ0) is 13.1. The summed E-state index contributed by atoms with van der Waals surface area (Å²) in [6.07, 6.45) is 0.707. The Morgan fingerprint density at radius 1 is 1.11 bits per heavy atom. The van der Waals surface area contributed by atoms with Gasteiger partial charge in [-0.05, 0) is 57.7 Å². The van der Waals surface area contributed by atoms with Crippen LogP contribution >= 0.6 is 43.5 Å². The highest BCUT2D eigenvalue weighted by molar-refractivity contribution is 9.10. The maximum Gasteiger partial charge on any atom is 0.137 e. The van der Waals surface area contributed by atoms with Crippen LogP contribution < -0.4 is 0 Å². The Kier molecular flexibility index (Phi) is 4.82. The molecule has 0 saturated heterocycles. The third-order valence-electron chi connectivity index (χ3n) is 2.61. The van der Waals surface area contributed by atoms with E-state index >= 15 is 0 Å². The Morgan fingerprint density at radius 3 is 2.56 bits per heavy atom. The van der Waals surface area contributed by atoms with Gasteiger partial charge in [0.25, 0.3) is 0 Å². The van der Waals surface area contributed by atoms with Crippen LogP contribution in [0.2, 0.25) is 0 Å². The lowest BCUT2D eigenvalue weighted by atomic mass is 10.0. The molecule has 0 radical (unpaired) electrons.